The van der Waals surface area contributed by atoms with Gasteiger partial charge in [-0.1, -0.05) is 36.4 Å². The first kappa shape index (κ1) is 18.4. The molecule has 0 saturated carbocycles. The number of ether oxygens (including phenoxy) is 1. The van der Waals surface area contributed by atoms with Crippen molar-refractivity contribution in [2.45, 2.75) is 19.4 Å². The monoisotopic (exact) mass is 364 g/mol. The van der Waals surface area contributed by atoms with Crippen molar-refractivity contribution in [3.63, 3.8) is 0 Å². The van der Waals surface area contributed by atoms with Crippen LogP contribution in [-0.4, -0.2) is 35.3 Å². The Morgan fingerprint density at radius 1 is 1.04 bits per heavy atom. The van der Waals surface area contributed by atoms with Crippen molar-refractivity contribution < 1.29 is 19.1 Å². The van der Waals surface area contributed by atoms with Crippen molar-refractivity contribution in [1.29, 1.82) is 0 Å². The number of benzene rings is 2. The summed E-state index contributed by atoms with van der Waals surface area (Å²) in [5.41, 5.74) is 1.86. The van der Waals surface area contributed by atoms with Gasteiger partial charge in [0.05, 0.1) is 6.42 Å². The van der Waals surface area contributed by atoms with Crippen LogP contribution >= 0.6 is 0 Å². The summed E-state index contributed by atoms with van der Waals surface area (Å²) in [5.74, 6) is -1.07. The van der Waals surface area contributed by atoms with Crippen molar-refractivity contribution >= 4 is 28.6 Å². The number of aromatic amines is 1. The van der Waals surface area contributed by atoms with E-state index < -0.39 is 12.1 Å². The zero-order chi connectivity index (χ0) is 19.2. The molecular weight excluding hydrogens is 344 g/mol. The fourth-order valence-electron chi connectivity index (χ4n) is 2.77. The Balaban J connectivity index is 1.50. The quantitative estimate of drug-likeness (QED) is 0.498. The van der Waals surface area contributed by atoms with Gasteiger partial charge in [-0.15, -0.1) is 0 Å². The van der Waals surface area contributed by atoms with Crippen LogP contribution < -0.4 is 5.32 Å². The number of carbonyl (C=O) groups excluding carboxylic acids is 3. The molecule has 0 aliphatic heterocycles. The minimum atomic E-state index is -0.901. The number of H-pyrrole nitrogens is 1. The molecule has 1 atom stereocenters. The Morgan fingerprint density at radius 3 is 2.52 bits per heavy atom. The first-order valence-corrected chi connectivity index (χ1v) is 8.69. The minimum absolute atomic E-state index is 0.00984. The first-order chi connectivity index (χ1) is 13.1. The van der Waals surface area contributed by atoms with Crippen LogP contribution in [0.1, 0.15) is 34.1 Å². The molecule has 0 aliphatic carbocycles. The molecule has 1 heterocycles. The summed E-state index contributed by atoms with van der Waals surface area (Å²) in [4.78, 5) is 39.5. The summed E-state index contributed by atoms with van der Waals surface area (Å²) >= 11 is 0. The van der Waals surface area contributed by atoms with Gasteiger partial charge in [-0.3, -0.25) is 14.4 Å². The maximum atomic E-state index is 12.6. The number of hydrogen-bond acceptors (Lipinski definition) is 4. The fourth-order valence-corrected chi connectivity index (χ4v) is 2.77. The van der Waals surface area contributed by atoms with Gasteiger partial charge in [0.1, 0.15) is 0 Å². The Morgan fingerprint density at radius 2 is 1.74 bits per heavy atom. The molecule has 3 aromatic rings. The van der Waals surface area contributed by atoms with Crippen LogP contribution in [0.3, 0.4) is 0 Å². The fraction of sp³-hybridized carbons (Fsp3) is 0.190. The van der Waals surface area contributed by atoms with Gasteiger partial charge < -0.3 is 15.0 Å². The van der Waals surface area contributed by atoms with Crippen LogP contribution in [0, 0.1) is 0 Å². The van der Waals surface area contributed by atoms with E-state index in [1.807, 2.05) is 30.3 Å². The molecule has 3 rings (SSSR count). The first-order valence-electron chi connectivity index (χ1n) is 8.69. The molecular formula is C21H20N2O4. The Kier molecular flexibility index (Phi) is 5.66. The molecule has 6 heteroatoms. The highest BCUT2D eigenvalue weighted by atomic mass is 16.5. The number of amides is 1. The van der Waals surface area contributed by atoms with Crippen LogP contribution in [0.15, 0.2) is 60.8 Å². The minimum Gasteiger partial charge on any atom is -0.454 e. The second-order valence-corrected chi connectivity index (χ2v) is 6.12. The van der Waals surface area contributed by atoms with Gasteiger partial charge in [-0.2, -0.15) is 0 Å². The van der Waals surface area contributed by atoms with Crippen LogP contribution in [0.25, 0.3) is 10.9 Å². The van der Waals surface area contributed by atoms with E-state index in [9.17, 15) is 14.4 Å². The maximum Gasteiger partial charge on any atom is 0.308 e. The largest absolute Gasteiger partial charge is 0.454 e. The second-order valence-electron chi connectivity index (χ2n) is 6.12. The average molecular weight is 364 g/mol. The van der Waals surface area contributed by atoms with Crippen molar-refractivity contribution in [2.24, 2.45) is 0 Å². The number of nitrogens with one attached hydrogen (secondary N) is 2. The summed E-state index contributed by atoms with van der Waals surface area (Å²) < 4.78 is 5.22. The van der Waals surface area contributed by atoms with Crippen molar-refractivity contribution in [1.82, 2.24) is 10.3 Å². The van der Waals surface area contributed by atoms with Gasteiger partial charge in [-0.05, 0) is 25.1 Å². The summed E-state index contributed by atoms with van der Waals surface area (Å²) in [5, 5.41) is 3.45. The van der Waals surface area contributed by atoms with E-state index >= 15 is 0 Å². The van der Waals surface area contributed by atoms with Crippen LogP contribution in [0.2, 0.25) is 0 Å². The summed E-state index contributed by atoms with van der Waals surface area (Å²) in [6, 6.07) is 16.2. The van der Waals surface area contributed by atoms with E-state index in [-0.39, 0.29) is 24.7 Å². The molecule has 0 unspecified atom stereocenters. The molecule has 138 valence electrons. The van der Waals surface area contributed by atoms with Crippen molar-refractivity contribution in [2.75, 3.05) is 6.54 Å². The van der Waals surface area contributed by atoms with Gasteiger partial charge in [0.2, 0.25) is 5.78 Å². The van der Waals surface area contributed by atoms with Gasteiger partial charge in [-0.25, -0.2) is 0 Å². The number of ketones is 1. The lowest BCUT2D eigenvalue weighted by Gasteiger charge is -2.12. The van der Waals surface area contributed by atoms with Crippen molar-refractivity contribution in [3.05, 3.63) is 71.9 Å². The van der Waals surface area contributed by atoms with E-state index in [2.05, 4.69) is 10.3 Å². The molecule has 0 saturated heterocycles. The van der Waals surface area contributed by atoms with E-state index in [1.54, 1.807) is 37.4 Å². The third kappa shape index (κ3) is 4.41. The molecule has 0 spiro atoms. The third-order valence-electron chi connectivity index (χ3n) is 4.18. The van der Waals surface area contributed by atoms with Gasteiger partial charge in [0.25, 0.3) is 5.91 Å². The molecule has 2 aromatic carbocycles. The zero-order valence-electron chi connectivity index (χ0n) is 14.9. The number of rotatable bonds is 7. The van der Waals surface area contributed by atoms with Gasteiger partial charge in [0, 0.05) is 34.8 Å². The molecule has 0 bridgehead atoms. The molecule has 27 heavy (non-hydrogen) atoms. The number of aromatic nitrogens is 1. The SMILES string of the molecule is C[C@@H](OC(=O)CCNC(=O)c1ccccc1)C(=O)c1c[nH]c2ccccc12. The molecule has 6 nitrogen and oxygen atoms in total. The summed E-state index contributed by atoms with van der Waals surface area (Å²) in [7, 11) is 0. The zero-order valence-corrected chi connectivity index (χ0v) is 14.9. The standard InChI is InChI=1S/C21H20N2O4/c1-14(20(25)17-13-23-18-10-6-5-9-16(17)18)27-19(24)11-12-22-21(26)15-7-3-2-4-8-15/h2-10,13-14,23H,11-12H2,1H3,(H,22,26)/t14-/m1/s1. The lowest BCUT2D eigenvalue weighted by molar-refractivity contribution is -0.146. The molecule has 1 aromatic heterocycles. The van der Waals surface area contributed by atoms with E-state index in [0.717, 1.165) is 10.9 Å². The van der Waals surface area contributed by atoms with Gasteiger partial charge in [0.15, 0.2) is 6.10 Å². The number of hydrogen-bond donors (Lipinski definition) is 2. The smallest absolute Gasteiger partial charge is 0.308 e. The second kappa shape index (κ2) is 8.31. The lowest BCUT2D eigenvalue weighted by atomic mass is 10.1. The number of carbonyl (C=O) groups is 3. The molecule has 0 radical (unpaired) electrons. The average Bonchev–Trinajstić information content (AvgIpc) is 3.12. The Hall–Kier alpha value is -3.41. The predicted octanol–water partition coefficient (Wildman–Crippen LogP) is 3.10. The van der Waals surface area contributed by atoms with Crippen molar-refractivity contribution in [3.8, 4) is 0 Å². The lowest BCUT2D eigenvalue weighted by Crippen LogP contribution is -2.29. The van der Waals surface area contributed by atoms with E-state index in [4.69, 9.17) is 4.74 Å². The number of esters is 1. The normalized spacial score (nSPS) is 11.7. The summed E-state index contributed by atoms with van der Waals surface area (Å²) in [6.45, 7) is 1.69. The third-order valence-corrected chi connectivity index (χ3v) is 4.18. The topological polar surface area (TPSA) is 88.3 Å². The highest BCUT2D eigenvalue weighted by Crippen LogP contribution is 2.20. The summed E-state index contributed by atoms with van der Waals surface area (Å²) in [6.07, 6.45) is 0.711. The van der Waals surface area contributed by atoms with Crippen LogP contribution in [0.4, 0.5) is 0 Å². The Bertz CT molecular complexity index is 962. The van der Waals surface area contributed by atoms with E-state index in [1.165, 1.54) is 0 Å². The molecule has 0 aliphatic rings. The highest BCUT2D eigenvalue weighted by Gasteiger charge is 2.22. The van der Waals surface area contributed by atoms with Crippen LogP contribution in [0.5, 0.6) is 0 Å². The van der Waals surface area contributed by atoms with Crippen LogP contribution in [-0.2, 0) is 9.53 Å². The maximum absolute atomic E-state index is 12.6. The Labute approximate surface area is 156 Å². The molecule has 1 amide bonds. The molecule has 0 fully saturated rings. The van der Waals surface area contributed by atoms with Gasteiger partial charge >= 0.3 is 5.97 Å². The molecule has 2 N–H and O–H groups in total. The number of fused-ring (bicyclic) bond motifs is 1. The highest BCUT2D eigenvalue weighted by molar-refractivity contribution is 6.10. The number of Topliss-reactive ketones (excluding diaryl/α,β-unsaturated/α-hetero) is 1. The van der Waals surface area contributed by atoms with E-state index in [0.29, 0.717) is 11.1 Å². The predicted molar refractivity (Wildman–Crippen MR) is 102 cm³/mol. The number of para-hydroxylation sites is 1.